The highest BCUT2D eigenvalue weighted by Gasteiger charge is 2.20. The molecule has 4 aromatic carbocycles. The van der Waals surface area contributed by atoms with Crippen molar-refractivity contribution in [1.29, 1.82) is 0 Å². The Morgan fingerprint density at radius 1 is 0.444 bits per heavy atom. The second-order valence-electron chi connectivity index (χ2n) is 25.8. The van der Waals surface area contributed by atoms with Gasteiger partial charge in [-0.3, -0.25) is 56.5 Å². The Kier molecular flexibility index (Phi) is 27.8. The number of unbranched alkanes of at least 4 members (excludes halogenated alkanes) is 3. The number of fused-ring (bicyclic) bond motifs is 4. The smallest absolute Gasteiger partial charge is 0.332 e. The van der Waals surface area contributed by atoms with Gasteiger partial charge in [-0.1, -0.05) is 169 Å². The molecule has 1 aliphatic rings. The molecular formula is C78H85Br2N17O11. The van der Waals surface area contributed by atoms with Gasteiger partial charge >= 0.3 is 22.8 Å². The van der Waals surface area contributed by atoms with Crippen LogP contribution in [0.2, 0.25) is 0 Å². The minimum Gasteiger partial charge on any atom is -0.361 e. The molecule has 15 rings (SSSR count). The van der Waals surface area contributed by atoms with Crippen molar-refractivity contribution in [1.82, 2.24) is 76.5 Å². The van der Waals surface area contributed by atoms with E-state index in [1.54, 1.807) is 60.8 Å². The first-order valence-electron chi connectivity index (χ1n) is 35.2. The second-order valence-corrected chi connectivity index (χ2v) is 27.1. The van der Waals surface area contributed by atoms with E-state index in [-0.39, 0.29) is 28.1 Å². The van der Waals surface area contributed by atoms with Crippen LogP contribution in [0.25, 0.3) is 33.4 Å². The van der Waals surface area contributed by atoms with Crippen LogP contribution in [0.3, 0.4) is 0 Å². The molecule has 0 fully saturated rings. The summed E-state index contributed by atoms with van der Waals surface area (Å²) < 4.78 is 29.2. The average Bonchev–Trinajstić information content (AvgIpc) is 1.51. The summed E-state index contributed by atoms with van der Waals surface area (Å²) in [7, 11) is 6.53. The fraction of sp³-hybridized carbons (Fsp3) is 0.308. The molecule has 2 N–H and O–H groups in total. The first-order valence-corrected chi connectivity index (χ1v) is 37.4. The first-order chi connectivity index (χ1) is 52.2. The van der Waals surface area contributed by atoms with Crippen molar-refractivity contribution in [3.05, 3.63) is 310 Å². The summed E-state index contributed by atoms with van der Waals surface area (Å²) in [6.07, 6.45) is 15.0. The molecule has 14 aromatic rings. The van der Waals surface area contributed by atoms with Crippen LogP contribution >= 0.6 is 31.9 Å². The van der Waals surface area contributed by atoms with Crippen molar-refractivity contribution in [2.75, 3.05) is 5.33 Å². The zero-order chi connectivity index (χ0) is 76.8. The van der Waals surface area contributed by atoms with Crippen LogP contribution in [0.15, 0.2) is 221 Å². The number of aliphatic imine (C=N–C) groups is 1. The number of aryl methyl sites for hydroxylation is 9. The van der Waals surface area contributed by atoms with Crippen molar-refractivity contribution < 1.29 is 13.6 Å². The number of hydrogen-bond acceptors (Lipinski definition) is 17. The van der Waals surface area contributed by atoms with Gasteiger partial charge < -0.3 is 27.3 Å². The standard InChI is InChI=1S/C22H24N4O3.C21H23N5O3.C13H12N4O2.C8H12BrNO.C7H7Br.C7H7N3O2/c1-16-14-18(29-23-16)10-6-7-12-26-21(27)20-19(24(2)22(26)28)11-13-25(20)15-17-8-4-3-5-9-17;1-15-12-17(29-23-15)10-6-7-11-26-20(27)18-19(24(2)21(26)28)22-14-25(18)13-16-8-4-3-5-9-16;1-16-11-10(12(18)15-13(16)19)17(8-14-11)7-9-5-3-2-4-6-9;1-7-6-8(11-10-7)4-2-3-5-9;8-6-7-4-2-1-3-5-7;1-10-5-4(2-3-8-5)6(11)9-7(10)12/h3-5,8-9,11,13-14H,6-7,10,12,15H2,1-2H3;3-5,8-9,12,14H,6-7,10-11,13H2,1-2H3;2-6,8H,7H2,1H3,(H,15,18,19);6H,2-5H2,1H3;1-5H,6H2;3H,2H2,1H3,(H,9,11,12). The molecule has 562 valence electrons. The molecule has 0 spiro atoms. The lowest BCUT2D eigenvalue weighted by atomic mass is 10.2. The van der Waals surface area contributed by atoms with Crippen molar-refractivity contribution in [2.45, 2.75) is 123 Å². The van der Waals surface area contributed by atoms with Crippen molar-refractivity contribution >= 4 is 77.3 Å². The molecule has 0 saturated heterocycles. The molecule has 1 aliphatic heterocycles. The van der Waals surface area contributed by atoms with Crippen LogP contribution in [-0.4, -0.2) is 88.1 Å². The molecule has 0 aliphatic carbocycles. The van der Waals surface area contributed by atoms with E-state index in [2.05, 4.69) is 84.4 Å². The highest BCUT2D eigenvalue weighted by atomic mass is 79.9. The molecule has 0 saturated carbocycles. The normalized spacial score (nSPS) is 11.3. The molecule has 0 radical (unpaired) electrons. The monoisotopic (exact) mass is 1590 g/mol. The minimum atomic E-state index is -0.456. The van der Waals surface area contributed by atoms with Gasteiger partial charge in [-0.25, -0.2) is 34.1 Å². The molecule has 0 unspecified atom stereocenters. The molecule has 0 bridgehead atoms. The summed E-state index contributed by atoms with van der Waals surface area (Å²) in [4.78, 5) is 114. The van der Waals surface area contributed by atoms with Gasteiger partial charge in [0.2, 0.25) is 0 Å². The van der Waals surface area contributed by atoms with E-state index in [0.717, 1.165) is 93.8 Å². The third-order valence-electron chi connectivity index (χ3n) is 17.7. The molecule has 0 amide bonds. The van der Waals surface area contributed by atoms with Crippen molar-refractivity contribution in [3.63, 3.8) is 0 Å². The number of alkyl halides is 2. The second kappa shape index (κ2) is 38.0. The number of hydrogen-bond donors (Lipinski definition) is 2. The van der Waals surface area contributed by atoms with Gasteiger partial charge in [0, 0.05) is 128 Å². The average molecular weight is 1600 g/mol. The highest BCUT2D eigenvalue weighted by Crippen LogP contribution is 2.19. The predicted molar refractivity (Wildman–Crippen MR) is 422 cm³/mol. The van der Waals surface area contributed by atoms with Crippen LogP contribution in [0.1, 0.15) is 101 Å². The number of aromatic amines is 2. The number of rotatable bonds is 21. The third-order valence-corrected chi connectivity index (χ3v) is 18.9. The predicted octanol–water partition coefficient (Wildman–Crippen LogP) is 10.2. The Bertz CT molecular complexity index is 5650. The summed E-state index contributed by atoms with van der Waals surface area (Å²) in [5.74, 6) is 3.13. The van der Waals surface area contributed by atoms with Gasteiger partial charge in [-0.05, 0) is 87.6 Å². The number of halogens is 2. The zero-order valence-corrected chi connectivity index (χ0v) is 64.3. The Morgan fingerprint density at radius 2 is 0.861 bits per heavy atom. The number of aromatic nitrogens is 16. The lowest BCUT2D eigenvalue weighted by Crippen LogP contribution is -2.39. The molecule has 11 heterocycles. The van der Waals surface area contributed by atoms with E-state index in [9.17, 15) is 38.4 Å². The Hall–Kier alpha value is -11.7. The van der Waals surface area contributed by atoms with Crippen molar-refractivity contribution in [3.8, 4) is 0 Å². The number of imidazole rings is 2. The number of nitrogens with zero attached hydrogens (tertiary/aromatic N) is 15. The Morgan fingerprint density at radius 3 is 1.31 bits per heavy atom. The summed E-state index contributed by atoms with van der Waals surface area (Å²) in [5, 5.41) is 13.6. The highest BCUT2D eigenvalue weighted by molar-refractivity contribution is 9.09. The topological polar surface area (TPSA) is 329 Å². The number of H-pyrrole nitrogens is 2. The van der Waals surface area contributed by atoms with Crippen LogP contribution in [0.4, 0.5) is 5.82 Å². The first kappa shape index (κ1) is 78.9. The van der Waals surface area contributed by atoms with E-state index in [4.69, 9.17) is 13.6 Å². The Labute approximate surface area is 635 Å². The maximum Gasteiger partial charge on any atom is 0.332 e. The van der Waals surface area contributed by atoms with Gasteiger partial charge in [0.05, 0.1) is 40.8 Å². The largest absolute Gasteiger partial charge is 0.361 e. The fourth-order valence-corrected chi connectivity index (χ4v) is 12.8. The summed E-state index contributed by atoms with van der Waals surface area (Å²) in [6, 6.07) is 47.5. The maximum absolute atomic E-state index is 13.1. The van der Waals surface area contributed by atoms with Gasteiger partial charge in [-0.2, -0.15) is 0 Å². The molecule has 10 aromatic heterocycles. The van der Waals surface area contributed by atoms with E-state index >= 15 is 0 Å². The third kappa shape index (κ3) is 20.3. The van der Waals surface area contributed by atoms with Gasteiger partial charge in [-0.15, -0.1) is 0 Å². The van der Waals surface area contributed by atoms with E-state index in [1.807, 2.05) is 165 Å². The lowest BCUT2D eigenvalue weighted by molar-refractivity contribution is 0.374. The summed E-state index contributed by atoms with van der Waals surface area (Å²) >= 11 is 6.74. The Balaban J connectivity index is 0.000000146. The van der Waals surface area contributed by atoms with Crippen LogP contribution in [-0.2, 0) is 91.9 Å². The number of nitrogens with one attached hydrogen (secondary N) is 2. The van der Waals surface area contributed by atoms with Gasteiger partial charge in [0.25, 0.3) is 22.2 Å². The number of benzene rings is 4. The molecule has 108 heavy (non-hydrogen) atoms. The lowest BCUT2D eigenvalue weighted by Gasteiger charge is -2.11. The molecule has 28 nitrogen and oxygen atoms in total. The zero-order valence-electron chi connectivity index (χ0n) is 61.1. The van der Waals surface area contributed by atoms with E-state index < -0.39 is 16.9 Å². The fourth-order valence-electron chi connectivity index (χ4n) is 12.0. The SMILES string of the molecule is BrCc1ccccc1.Cc1cc(CCCCBr)on1.Cc1cc(CCCCn2c(=O)c3c(ccn3Cc3ccccc3)n(C)c2=O)on1.Cc1cc(CCCCn2c(=O)c3c(ncn3Cc3ccccc3)n(C)c2=O)on1.Cn1c(=O)[nH]c(=O)c2c1ncn2Cc1ccccc1.Cn1c2c(c(=O)[nH]c1=O)CC=N2. The van der Waals surface area contributed by atoms with E-state index in [1.165, 1.54) is 41.2 Å². The van der Waals surface area contributed by atoms with Crippen LogP contribution < -0.4 is 45.0 Å². The summed E-state index contributed by atoms with van der Waals surface area (Å²) in [6.45, 7) is 8.09. The minimum absolute atomic E-state index is 0.237. The van der Waals surface area contributed by atoms with Crippen LogP contribution in [0, 0.1) is 20.8 Å². The van der Waals surface area contributed by atoms with Crippen LogP contribution in [0.5, 0.6) is 0 Å². The quantitative estimate of drug-likeness (QED) is 0.0499. The van der Waals surface area contributed by atoms with Crippen molar-refractivity contribution in [2.24, 2.45) is 33.2 Å². The maximum atomic E-state index is 13.1. The van der Waals surface area contributed by atoms with Gasteiger partial charge in [0.15, 0.2) is 22.3 Å². The molecule has 30 heteroatoms. The van der Waals surface area contributed by atoms with Gasteiger partial charge in [0.1, 0.15) is 28.6 Å². The summed E-state index contributed by atoms with van der Waals surface area (Å²) in [5.41, 5.74) is 7.90. The molecular weight excluding hydrogens is 1510 g/mol. The molecule has 0 atom stereocenters. The van der Waals surface area contributed by atoms with E-state index in [0.29, 0.717) is 96.7 Å².